The summed E-state index contributed by atoms with van der Waals surface area (Å²) >= 11 is 3.33. The molecule has 2 amide bonds. The first kappa shape index (κ1) is 17.0. The van der Waals surface area contributed by atoms with E-state index in [1.54, 1.807) is 36.4 Å². The lowest BCUT2D eigenvalue weighted by Crippen LogP contribution is -2.21. The van der Waals surface area contributed by atoms with Gasteiger partial charge in [-0.05, 0) is 37.3 Å². The summed E-state index contributed by atoms with van der Waals surface area (Å²) in [5.74, 6) is -0.199. The third-order valence-electron chi connectivity index (χ3n) is 2.89. The molecule has 0 heterocycles. The molecular weight excluding hydrogens is 360 g/mol. The maximum Gasteiger partial charge on any atom is 0.233 e. The van der Waals surface area contributed by atoms with Gasteiger partial charge in [-0.3, -0.25) is 9.59 Å². The van der Waals surface area contributed by atoms with Gasteiger partial charge < -0.3 is 15.4 Å². The van der Waals surface area contributed by atoms with Crippen LogP contribution < -0.4 is 15.4 Å². The highest BCUT2D eigenvalue weighted by Crippen LogP contribution is 2.23. The monoisotopic (exact) mass is 376 g/mol. The van der Waals surface area contributed by atoms with Crippen LogP contribution in [0.25, 0.3) is 0 Å². The van der Waals surface area contributed by atoms with Crippen molar-refractivity contribution in [3.63, 3.8) is 0 Å². The maximum absolute atomic E-state index is 12.0. The number of nitrogens with one attached hydrogen (secondary N) is 2. The minimum Gasteiger partial charge on any atom is -0.492 e. The average molecular weight is 377 g/mol. The summed E-state index contributed by atoms with van der Waals surface area (Å²) in [7, 11) is 0. The molecule has 0 fully saturated rings. The second kappa shape index (κ2) is 8.33. The molecule has 6 heteroatoms. The summed E-state index contributed by atoms with van der Waals surface area (Å²) in [6.07, 6.45) is -0.271. The summed E-state index contributed by atoms with van der Waals surface area (Å²) in [4.78, 5) is 23.9. The number of para-hydroxylation sites is 2. The van der Waals surface area contributed by atoms with E-state index < -0.39 is 5.91 Å². The Bertz CT molecular complexity index is 704. The minimum atomic E-state index is -0.398. The Hall–Kier alpha value is -2.34. The summed E-state index contributed by atoms with van der Waals surface area (Å²) in [5, 5.41) is 5.37. The van der Waals surface area contributed by atoms with Gasteiger partial charge in [0.2, 0.25) is 11.8 Å². The van der Waals surface area contributed by atoms with E-state index in [2.05, 4.69) is 26.6 Å². The van der Waals surface area contributed by atoms with Crippen LogP contribution in [0.1, 0.15) is 13.3 Å². The van der Waals surface area contributed by atoms with Crippen molar-refractivity contribution in [2.24, 2.45) is 0 Å². The zero-order chi connectivity index (χ0) is 16.7. The lowest BCUT2D eigenvalue weighted by atomic mass is 10.2. The van der Waals surface area contributed by atoms with Gasteiger partial charge in [0.25, 0.3) is 0 Å². The molecule has 5 nitrogen and oxygen atoms in total. The fraction of sp³-hybridized carbons (Fsp3) is 0.176. The zero-order valence-electron chi connectivity index (χ0n) is 12.6. The lowest BCUT2D eigenvalue weighted by Gasteiger charge is -2.11. The number of benzene rings is 2. The molecular formula is C17H17BrN2O3. The minimum absolute atomic E-state index is 0.271. The largest absolute Gasteiger partial charge is 0.492 e. The zero-order valence-corrected chi connectivity index (χ0v) is 14.2. The first-order chi connectivity index (χ1) is 11.1. The van der Waals surface area contributed by atoms with Crippen LogP contribution in [-0.4, -0.2) is 18.4 Å². The van der Waals surface area contributed by atoms with Gasteiger partial charge >= 0.3 is 0 Å². The van der Waals surface area contributed by atoms with E-state index in [9.17, 15) is 9.59 Å². The van der Waals surface area contributed by atoms with Gasteiger partial charge in [-0.25, -0.2) is 0 Å². The number of hydrogen-bond donors (Lipinski definition) is 2. The van der Waals surface area contributed by atoms with Crippen molar-refractivity contribution in [2.45, 2.75) is 13.3 Å². The van der Waals surface area contributed by atoms with Crippen LogP contribution in [0.3, 0.4) is 0 Å². The first-order valence-electron chi connectivity index (χ1n) is 7.15. The van der Waals surface area contributed by atoms with E-state index in [0.717, 1.165) is 4.47 Å². The van der Waals surface area contributed by atoms with Crippen molar-refractivity contribution >= 4 is 39.1 Å². The number of carbonyl (C=O) groups excluding carboxylic acids is 2. The van der Waals surface area contributed by atoms with Gasteiger partial charge in [-0.1, -0.05) is 34.1 Å². The lowest BCUT2D eigenvalue weighted by molar-refractivity contribution is -0.123. The molecule has 2 aromatic carbocycles. The van der Waals surface area contributed by atoms with Crippen molar-refractivity contribution < 1.29 is 14.3 Å². The van der Waals surface area contributed by atoms with E-state index >= 15 is 0 Å². The van der Waals surface area contributed by atoms with Crippen molar-refractivity contribution in [1.29, 1.82) is 0 Å². The second-order valence-corrected chi connectivity index (χ2v) is 5.63. The first-order valence-corrected chi connectivity index (χ1v) is 7.95. The average Bonchev–Trinajstić information content (AvgIpc) is 2.49. The summed E-state index contributed by atoms with van der Waals surface area (Å²) < 4.78 is 6.28. The van der Waals surface area contributed by atoms with E-state index in [1.165, 1.54) is 0 Å². The molecule has 0 spiro atoms. The molecule has 0 saturated carbocycles. The highest BCUT2D eigenvalue weighted by atomic mass is 79.9. The van der Waals surface area contributed by atoms with E-state index in [4.69, 9.17) is 4.74 Å². The highest BCUT2D eigenvalue weighted by Gasteiger charge is 2.12. The van der Waals surface area contributed by atoms with Gasteiger partial charge in [0.1, 0.15) is 12.2 Å². The van der Waals surface area contributed by atoms with Crippen LogP contribution in [0.2, 0.25) is 0 Å². The Labute approximate surface area is 143 Å². The smallest absolute Gasteiger partial charge is 0.233 e. The van der Waals surface area contributed by atoms with Gasteiger partial charge in [-0.15, -0.1) is 0 Å². The van der Waals surface area contributed by atoms with Crippen LogP contribution in [0.15, 0.2) is 53.0 Å². The van der Waals surface area contributed by atoms with E-state index in [1.807, 2.05) is 19.1 Å². The Kier molecular flexibility index (Phi) is 6.17. The summed E-state index contributed by atoms with van der Waals surface area (Å²) in [6, 6.07) is 14.3. The Morgan fingerprint density at radius 1 is 1.04 bits per heavy atom. The van der Waals surface area contributed by atoms with Crippen LogP contribution in [0, 0.1) is 0 Å². The van der Waals surface area contributed by atoms with E-state index in [-0.39, 0.29) is 12.3 Å². The molecule has 0 atom stereocenters. The molecule has 0 aliphatic heterocycles. The molecule has 2 rings (SSSR count). The van der Waals surface area contributed by atoms with Crippen LogP contribution in [-0.2, 0) is 9.59 Å². The predicted molar refractivity (Wildman–Crippen MR) is 93.6 cm³/mol. The maximum atomic E-state index is 12.0. The molecule has 120 valence electrons. The van der Waals surface area contributed by atoms with Crippen LogP contribution in [0.5, 0.6) is 5.75 Å². The number of halogens is 1. The summed E-state index contributed by atoms with van der Waals surface area (Å²) in [6.45, 7) is 2.36. The predicted octanol–water partition coefficient (Wildman–Crippen LogP) is 3.82. The van der Waals surface area contributed by atoms with E-state index in [0.29, 0.717) is 23.7 Å². The molecule has 2 N–H and O–H groups in total. The number of rotatable bonds is 6. The standard InChI is InChI=1S/C17H17BrN2O3/c1-2-23-15-9-4-3-8-14(15)20-17(22)11-16(21)19-13-7-5-6-12(18)10-13/h3-10H,2,11H2,1H3,(H,19,21)(H,20,22). The highest BCUT2D eigenvalue weighted by molar-refractivity contribution is 9.10. The third kappa shape index (κ3) is 5.41. The van der Waals surface area contributed by atoms with Crippen LogP contribution >= 0.6 is 15.9 Å². The quantitative estimate of drug-likeness (QED) is 0.753. The Balaban J connectivity index is 1.93. The Morgan fingerprint density at radius 2 is 1.78 bits per heavy atom. The summed E-state index contributed by atoms with van der Waals surface area (Å²) in [5.41, 5.74) is 1.18. The van der Waals surface area contributed by atoms with Gasteiger partial charge in [-0.2, -0.15) is 0 Å². The Morgan fingerprint density at radius 3 is 2.52 bits per heavy atom. The normalized spacial score (nSPS) is 10.0. The number of hydrogen-bond acceptors (Lipinski definition) is 3. The molecule has 0 bridgehead atoms. The molecule has 2 aromatic rings. The molecule has 0 aromatic heterocycles. The fourth-order valence-corrected chi connectivity index (χ4v) is 2.36. The van der Waals surface area contributed by atoms with Crippen molar-refractivity contribution in [3.8, 4) is 5.75 Å². The van der Waals surface area contributed by atoms with Crippen molar-refractivity contribution in [3.05, 3.63) is 53.0 Å². The number of amides is 2. The fourth-order valence-electron chi connectivity index (χ4n) is 1.96. The molecule has 0 saturated heterocycles. The van der Waals surface area contributed by atoms with Crippen LogP contribution in [0.4, 0.5) is 11.4 Å². The van der Waals surface area contributed by atoms with Gasteiger partial charge in [0.05, 0.1) is 12.3 Å². The second-order valence-electron chi connectivity index (χ2n) is 4.71. The topological polar surface area (TPSA) is 67.4 Å². The van der Waals surface area contributed by atoms with Crippen molar-refractivity contribution in [2.75, 3.05) is 17.2 Å². The number of ether oxygens (including phenoxy) is 1. The molecule has 0 unspecified atom stereocenters. The molecule has 0 aliphatic rings. The number of anilines is 2. The number of carbonyl (C=O) groups is 2. The molecule has 0 radical (unpaired) electrons. The van der Waals surface area contributed by atoms with Gasteiger partial charge in [0, 0.05) is 10.2 Å². The third-order valence-corrected chi connectivity index (χ3v) is 3.38. The van der Waals surface area contributed by atoms with Gasteiger partial charge in [0.15, 0.2) is 0 Å². The molecule has 0 aliphatic carbocycles. The molecule has 23 heavy (non-hydrogen) atoms. The SMILES string of the molecule is CCOc1ccccc1NC(=O)CC(=O)Nc1cccc(Br)c1. The van der Waals surface area contributed by atoms with Crippen molar-refractivity contribution in [1.82, 2.24) is 0 Å².